The number of aromatic nitrogens is 2. The van der Waals surface area contributed by atoms with Gasteiger partial charge in [-0.05, 0) is 37.3 Å². The Kier molecular flexibility index (Phi) is 5.74. The number of H-pyrrole nitrogens is 1. The summed E-state index contributed by atoms with van der Waals surface area (Å²) in [5, 5.41) is 10.7. The number of carbonyl (C=O) groups excluding carboxylic acids is 1. The number of aryl methyl sites for hydroxylation is 1. The van der Waals surface area contributed by atoms with Crippen molar-refractivity contribution in [2.45, 2.75) is 51.9 Å². The molecule has 3 rings (SSSR count). The molecule has 1 saturated carbocycles. The molecule has 5 heteroatoms. The second-order valence-corrected chi connectivity index (χ2v) is 6.81. The molecule has 0 radical (unpaired) electrons. The molecule has 0 atom stereocenters. The Hall–Kier alpha value is -2.30. The van der Waals surface area contributed by atoms with Crippen molar-refractivity contribution in [3.05, 3.63) is 30.0 Å². The lowest BCUT2D eigenvalue weighted by atomic mass is 10.0. The number of rotatable bonds is 7. The summed E-state index contributed by atoms with van der Waals surface area (Å²) < 4.78 is 5.31. The summed E-state index contributed by atoms with van der Waals surface area (Å²) in [6.07, 6.45) is 7.29. The highest BCUT2D eigenvalue weighted by molar-refractivity contribution is 5.95. The van der Waals surface area contributed by atoms with Crippen LogP contribution < -0.4 is 10.1 Å². The topological polar surface area (TPSA) is 67.0 Å². The minimum Gasteiger partial charge on any atom is -0.497 e. The number of amides is 1. The van der Waals surface area contributed by atoms with Crippen molar-refractivity contribution < 1.29 is 9.53 Å². The molecule has 5 nitrogen and oxygen atoms in total. The maximum Gasteiger partial charge on any atom is 0.224 e. The molecule has 0 unspecified atom stereocenters. The number of hydrogen-bond donors (Lipinski definition) is 2. The van der Waals surface area contributed by atoms with Gasteiger partial charge in [-0.15, -0.1) is 0 Å². The van der Waals surface area contributed by atoms with E-state index in [1.165, 1.54) is 25.7 Å². The third-order valence-corrected chi connectivity index (χ3v) is 4.90. The molecule has 1 aromatic carbocycles. The second kappa shape index (κ2) is 8.19. The Balaban J connectivity index is 1.84. The van der Waals surface area contributed by atoms with Crippen LogP contribution in [0.2, 0.25) is 0 Å². The maximum atomic E-state index is 12.6. The normalized spacial score (nSPS) is 14.6. The van der Waals surface area contributed by atoms with Crippen LogP contribution in [0.4, 0.5) is 5.69 Å². The molecule has 134 valence electrons. The highest BCUT2D eigenvalue weighted by Gasteiger charge is 2.21. The molecule has 1 fully saturated rings. The van der Waals surface area contributed by atoms with E-state index in [-0.39, 0.29) is 5.91 Å². The van der Waals surface area contributed by atoms with E-state index < -0.39 is 0 Å². The molecule has 0 spiro atoms. The van der Waals surface area contributed by atoms with Gasteiger partial charge in [-0.2, -0.15) is 5.10 Å². The summed E-state index contributed by atoms with van der Waals surface area (Å²) in [6.45, 7) is 2.12. The van der Waals surface area contributed by atoms with Crippen molar-refractivity contribution in [1.29, 1.82) is 0 Å². The van der Waals surface area contributed by atoms with Crippen LogP contribution in [0.3, 0.4) is 0 Å². The Bertz CT molecular complexity index is 717. The van der Waals surface area contributed by atoms with Crippen molar-refractivity contribution >= 4 is 11.6 Å². The minimum atomic E-state index is 0.0924. The third-order valence-electron chi connectivity index (χ3n) is 4.90. The number of nitrogens with one attached hydrogen (secondary N) is 2. The van der Waals surface area contributed by atoms with E-state index in [0.29, 0.717) is 12.3 Å². The maximum absolute atomic E-state index is 12.6. The summed E-state index contributed by atoms with van der Waals surface area (Å²) in [7, 11) is 1.65. The largest absolute Gasteiger partial charge is 0.497 e. The SMILES string of the molecule is CCCc1[nH]nc(-c2cccc(OC)c2)c1NC(=O)CC1CCCC1. The molecule has 0 bridgehead atoms. The first-order valence-corrected chi connectivity index (χ1v) is 9.22. The molecule has 0 saturated heterocycles. The number of methoxy groups -OCH3 is 1. The summed E-state index contributed by atoms with van der Waals surface area (Å²) in [6, 6.07) is 7.77. The van der Waals surface area contributed by atoms with Crippen LogP contribution >= 0.6 is 0 Å². The third kappa shape index (κ3) is 4.21. The first-order chi connectivity index (χ1) is 12.2. The van der Waals surface area contributed by atoms with E-state index in [1.54, 1.807) is 7.11 Å². The van der Waals surface area contributed by atoms with Crippen molar-refractivity contribution in [1.82, 2.24) is 10.2 Å². The zero-order valence-corrected chi connectivity index (χ0v) is 15.1. The van der Waals surface area contributed by atoms with Crippen molar-refractivity contribution in [2.75, 3.05) is 12.4 Å². The van der Waals surface area contributed by atoms with Gasteiger partial charge >= 0.3 is 0 Å². The van der Waals surface area contributed by atoms with Crippen molar-refractivity contribution in [3.8, 4) is 17.0 Å². The lowest BCUT2D eigenvalue weighted by molar-refractivity contribution is -0.117. The lowest BCUT2D eigenvalue weighted by Crippen LogP contribution is -2.16. The van der Waals surface area contributed by atoms with E-state index in [1.807, 2.05) is 24.3 Å². The average molecular weight is 341 g/mol. The van der Waals surface area contributed by atoms with Gasteiger partial charge in [0, 0.05) is 12.0 Å². The average Bonchev–Trinajstić information content (AvgIpc) is 3.26. The fourth-order valence-corrected chi connectivity index (χ4v) is 3.59. The zero-order chi connectivity index (χ0) is 17.6. The fourth-order valence-electron chi connectivity index (χ4n) is 3.59. The van der Waals surface area contributed by atoms with E-state index in [9.17, 15) is 4.79 Å². The number of benzene rings is 1. The fraction of sp³-hybridized carbons (Fsp3) is 0.500. The standard InChI is InChI=1S/C20H27N3O2/c1-3-7-17-20(21-18(24)12-14-8-4-5-9-14)19(23-22-17)15-10-6-11-16(13-15)25-2/h6,10-11,13-14H,3-5,7-9,12H2,1-2H3,(H,21,24)(H,22,23). The van der Waals surface area contributed by atoms with E-state index >= 15 is 0 Å². The van der Waals surface area contributed by atoms with Crippen LogP contribution in [0, 0.1) is 5.92 Å². The number of hydrogen-bond acceptors (Lipinski definition) is 3. The van der Waals surface area contributed by atoms with Crippen LogP contribution in [-0.2, 0) is 11.2 Å². The Morgan fingerprint density at radius 2 is 2.16 bits per heavy atom. The van der Waals surface area contributed by atoms with Crippen LogP contribution in [0.1, 0.15) is 51.1 Å². The van der Waals surface area contributed by atoms with Gasteiger partial charge in [-0.25, -0.2) is 0 Å². The number of carbonyl (C=O) groups is 1. The van der Waals surface area contributed by atoms with Crippen LogP contribution in [-0.4, -0.2) is 23.2 Å². The Labute approximate surface area is 149 Å². The molecule has 2 aromatic rings. The smallest absolute Gasteiger partial charge is 0.224 e. The highest BCUT2D eigenvalue weighted by atomic mass is 16.5. The van der Waals surface area contributed by atoms with Crippen LogP contribution in [0.5, 0.6) is 5.75 Å². The molecule has 1 aliphatic rings. The van der Waals surface area contributed by atoms with Crippen molar-refractivity contribution in [3.63, 3.8) is 0 Å². The molecule has 25 heavy (non-hydrogen) atoms. The van der Waals surface area contributed by atoms with Gasteiger partial charge in [0.2, 0.25) is 5.91 Å². The van der Waals surface area contributed by atoms with Gasteiger partial charge in [0.05, 0.1) is 18.5 Å². The quantitative estimate of drug-likeness (QED) is 0.776. The molecule has 0 aliphatic heterocycles. The van der Waals surface area contributed by atoms with Gasteiger partial charge in [0.15, 0.2) is 0 Å². The predicted octanol–water partition coefficient (Wildman–Crippen LogP) is 4.56. The Morgan fingerprint density at radius 1 is 1.36 bits per heavy atom. The number of anilines is 1. The lowest BCUT2D eigenvalue weighted by Gasteiger charge is -2.12. The van der Waals surface area contributed by atoms with Crippen molar-refractivity contribution in [2.24, 2.45) is 5.92 Å². The molecule has 1 aliphatic carbocycles. The first-order valence-electron chi connectivity index (χ1n) is 9.22. The number of aromatic amines is 1. The van der Waals surface area contributed by atoms with Gasteiger partial charge in [-0.3, -0.25) is 9.89 Å². The summed E-state index contributed by atoms with van der Waals surface area (Å²) in [4.78, 5) is 12.6. The highest BCUT2D eigenvalue weighted by Crippen LogP contribution is 2.33. The monoisotopic (exact) mass is 341 g/mol. The van der Waals surface area contributed by atoms with Gasteiger partial charge < -0.3 is 10.1 Å². The van der Waals surface area contributed by atoms with Crippen LogP contribution in [0.15, 0.2) is 24.3 Å². The van der Waals surface area contributed by atoms with Gasteiger partial charge in [0.25, 0.3) is 0 Å². The first kappa shape index (κ1) is 17.5. The molecule has 2 N–H and O–H groups in total. The van der Waals surface area contributed by atoms with E-state index in [4.69, 9.17) is 4.74 Å². The van der Waals surface area contributed by atoms with Gasteiger partial charge in [0.1, 0.15) is 11.4 Å². The molecular weight excluding hydrogens is 314 g/mol. The second-order valence-electron chi connectivity index (χ2n) is 6.81. The van der Waals surface area contributed by atoms with E-state index in [0.717, 1.165) is 41.2 Å². The molecule has 1 aromatic heterocycles. The van der Waals surface area contributed by atoms with Gasteiger partial charge in [-0.1, -0.05) is 38.3 Å². The Morgan fingerprint density at radius 3 is 2.88 bits per heavy atom. The molecule has 1 amide bonds. The number of ether oxygens (including phenoxy) is 1. The number of nitrogens with zero attached hydrogens (tertiary/aromatic N) is 1. The van der Waals surface area contributed by atoms with Crippen LogP contribution in [0.25, 0.3) is 11.3 Å². The predicted molar refractivity (Wildman–Crippen MR) is 99.8 cm³/mol. The van der Waals surface area contributed by atoms with E-state index in [2.05, 4.69) is 22.4 Å². The summed E-state index contributed by atoms with van der Waals surface area (Å²) in [5.74, 6) is 1.40. The minimum absolute atomic E-state index is 0.0924. The molecule has 1 heterocycles. The zero-order valence-electron chi connectivity index (χ0n) is 15.1. The summed E-state index contributed by atoms with van der Waals surface area (Å²) in [5.41, 5.74) is 3.52. The summed E-state index contributed by atoms with van der Waals surface area (Å²) >= 11 is 0. The molecular formula is C20H27N3O2.